The highest BCUT2D eigenvalue weighted by Gasteiger charge is 2.39. The molecule has 0 spiro atoms. The molecule has 2 rings (SSSR count). The van der Waals surface area contributed by atoms with E-state index in [1.54, 1.807) is 0 Å². The first kappa shape index (κ1) is 12.9. The Balaban J connectivity index is 1.74. The number of hydrogen-bond donors (Lipinski definition) is 3. The Hall–Kier alpha value is -1.55. The van der Waals surface area contributed by atoms with E-state index >= 15 is 0 Å². The molecule has 0 bridgehead atoms. The molecule has 18 heavy (non-hydrogen) atoms. The number of urea groups is 1. The fourth-order valence-corrected chi connectivity index (χ4v) is 2.12. The third kappa shape index (κ3) is 3.47. The van der Waals surface area contributed by atoms with Crippen molar-refractivity contribution in [3.05, 3.63) is 35.9 Å². The number of carbonyl (C=O) groups excluding carboxylic acids is 1. The lowest BCUT2D eigenvalue weighted by Crippen LogP contribution is -2.42. The molecule has 0 saturated heterocycles. The van der Waals surface area contributed by atoms with E-state index in [1.807, 2.05) is 25.1 Å². The lowest BCUT2D eigenvalue weighted by Gasteiger charge is -2.13. The fourth-order valence-electron chi connectivity index (χ4n) is 2.12. The molecule has 3 N–H and O–H groups in total. The molecule has 0 heterocycles. The summed E-state index contributed by atoms with van der Waals surface area (Å²) in [6.45, 7) is 1.98. The Kier molecular flexibility index (Phi) is 4.20. The van der Waals surface area contributed by atoms with Crippen LogP contribution in [0.2, 0.25) is 0 Å². The predicted molar refractivity (Wildman–Crippen MR) is 70.4 cm³/mol. The van der Waals surface area contributed by atoms with Gasteiger partial charge in [-0.2, -0.15) is 0 Å². The molecular formula is C14H20N2O2. The minimum Gasteiger partial charge on any atom is -0.396 e. The summed E-state index contributed by atoms with van der Waals surface area (Å²) in [6.07, 6.45) is 1.59. The van der Waals surface area contributed by atoms with Gasteiger partial charge in [0.2, 0.25) is 0 Å². The van der Waals surface area contributed by atoms with Crippen molar-refractivity contribution in [1.82, 2.24) is 10.6 Å². The molecule has 2 amide bonds. The summed E-state index contributed by atoms with van der Waals surface area (Å²) in [5.74, 6) is 0.449. The highest BCUT2D eigenvalue weighted by Crippen LogP contribution is 2.40. The summed E-state index contributed by atoms with van der Waals surface area (Å²) in [6, 6.07) is 10.3. The van der Waals surface area contributed by atoms with Gasteiger partial charge in [-0.1, -0.05) is 30.3 Å². The molecule has 1 aliphatic rings. The Morgan fingerprint density at radius 3 is 2.83 bits per heavy atom. The average Bonchev–Trinajstić information content (AvgIpc) is 3.09. The van der Waals surface area contributed by atoms with Gasteiger partial charge in [-0.25, -0.2) is 4.79 Å². The minimum atomic E-state index is -0.139. The lowest BCUT2D eigenvalue weighted by atomic mass is 10.1. The number of aliphatic hydroxyl groups excluding tert-OH is 1. The number of carbonyl (C=O) groups is 1. The van der Waals surface area contributed by atoms with Crippen molar-refractivity contribution in [3.8, 4) is 0 Å². The lowest BCUT2D eigenvalue weighted by molar-refractivity contribution is 0.230. The van der Waals surface area contributed by atoms with Crippen molar-refractivity contribution in [2.24, 2.45) is 0 Å². The molecule has 1 saturated carbocycles. The molecule has 1 aromatic rings. The van der Waals surface area contributed by atoms with Crippen LogP contribution in [-0.2, 0) is 0 Å². The monoisotopic (exact) mass is 248 g/mol. The quantitative estimate of drug-likeness (QED) is 0.741. The summed E-state index contributed by atoms with van der Waals surface area (Å²) in [7, 11) is 0. The molecule has 1 aliphatic carbocycles. The van der Waals surface area contributed by atoms with Gasteiger partial charge >= 0.3 is 6.03 Å². The van der Waals surface area contributed by atoms with E-state index in [1.165, 1.54) is 5.56 Å². The first-order valence-electron chi connectivity index (χ1n) is 6.43. The van der Waals surface area contributed by atoms with Crippen LogP contribution < -0.4 is 10.6 Å². The normalized spacial score (nSPS) is 23.2. The van der Waals surface area contributed by atoms with Crippen LogP contribution in [0, 0.1) is 0 Å². The van der Waals surface area contributed by atoms with Crippen LogP contribution in [0.15, 0.2) is 30.3 Å². The van der Waals surface area contributed by atoms with Crippen LogP contribution in [0.4, 0.5) is 4.79 Å². The zero-order valence-corrected chi connectivity index (χ0v) is 10.6. The van der Waals surface area contributed by atoms with Crippen molar-refractivity contribution in [3.63, 3.8) is 0 Å². The second-order valence-corrected chi connectivity index (χ2v) is 4.89. The summed E-state index contributed by atoms with van der Waals surface area (Å²) >= 11 is 0. The number of nitrogens with one attached hydrogen (secondary N) is 2. The van der Waals surface area contributed by atoms with Crippen molar-refractivity contribution >= 4 is 6.03 Å². The zero-order valence-electron chi connectivity index (χ0n) is 10.6. The Labute approximate surface area is 107 Å². The number of amides is 2. The van der Waals surface area contributed by atoms with E-state index in [-0.39, 0.29) is 24.7 Å². The van der Waals surface area contributed by atoms with Gasteiger partial charge in [0.05, 0.1) is 0 Å². The van der Waals surface area contributed by atoms with Crippen LogP contribution in [0.3, 0.4) is 0 Å². The van der Waals surface area contributed by atoms with Gasteiger partial charge in [0.15, 0.2) is 0 Å². The number of aliphatic hydroxyl groups is 1. The third-order valence-electron chi connectivity index (χ3n) is 3.27. The fraction of sp³-hybridized carbons (Fsp3) is 0.500. The van der Waals surface area contributed by atoms with E-state index in [0.29, 0.717) is 12.3 Å². The van der Waals surface area contributed by atoms with Crippen LogP contribution in [-0.4, -0.2) is 29.8 Å². The first-order chi connectivity index (χ1) is 8.70. The minimum absolute atomic E-state index is 0.00363. The summed E-state index contributed by atoms with van der Waals surface area (Å²) < 4.78 is 0. The standard InChI is InChI=1S/C14H20N2O2/c1-10(7-8-17)15-14(18)16-13-9-12(13)11-5-3-2-4-6-11/h2-6,10,12-13,17H,7-9H2,1H3,(H2,15,16,18)/t10-,12?,13?/m1/s1. The van der Waals surface area contributed by atoms with E-state index in [0.717, 1.165) is 6.42 Å². The predicted octanol–water partition coefficient (Wildman–Crippen LogP) is 1.61. The highest BCUT2D eigenvalue weighted by atomic mass is 16.3. The second kappa shape index (κ2) is 5.87. The molecule has 1 fully saturated rings. The van der Waals surface area contributed by atoms with Gasteiger partial charge in [-0.15, -0.1) is 0 Å². The van der Waals surface area contributed by atoms with E-state index in [2.05, 4.69) is 22.8 Å². The van der Waals surface area contributed by atoms with Crippen LogP contribution >= 0.6 is 0 Å². The van der Waals surface area contributed by atoms with Gasteiger partial charge in [0.25, 0.3) is 0 Å². The third-order valence-corrected chi connectivity index (χ3v) is 3.27. The molecule has 4 nitrogen and oxygen atoms in total. The zero-order chi connectivity index (χ0) is 13.0. The molecule has 98 valence electrons. The van der Waals surface area contributed by atoms with Gasteiger partial charge in [-0.05, 0) is 25.3 Å². The summed E-state index contributed by atoms with van der Waals surface area (Å²) in [5, 5.41) is 14.5. The number of rotatable bonds is 5. The van der Waals surface area contributed by atoms with Crippen LogP contribution in [0.5, 0.6) is 0 Å². The Morgan fingerprint density at radius 2 is 2.17 bits per heavy atom. The highest BCUT2D eigenvalue weighted by molar-refractivity contribution is 5.75. The molecular weight excluding hydrogens is 228 g/mol. The maximum absolute atomic E-state index is 11.7. The average molecular weight is 248 g/mol. The number of benzene rings is 1. The smallest absolute Gasteiger partial charge is 0.315 e. The molecule has 0 aliphatic heterocycles. The van der Waals surface area contributed by atoms with Gasteiger partial charge in [0, 0.05) is 24.6 Å². The second-order valence-electron chi connectivity index (χ2n) is 4.89. The Morgan fingerprint density at radius 1 is 1.44 bits per heavy atom. The summed E-state index contributed by atoms with van der Waals surface area (Å²) in [5.41, 5.74) is 1.28. The largest absolute Gasteiger partial charge is 0.396 e. The van der Waals surface area contributed by atoms with Gasteiger partial charge in [-0.3, -0.25) is 0 Å². The maximum atomic E-state index is 11.7. The van der Waals surface area contributed by atoms with Crippen molar-refractivity contribution in [2.45, 2.75) is 37.8 Å². The SMILES string of the molecule is C[C@H](CCO)NC(=O)NC1CC1c1ccccc1. The molecule has 3 atom stereocenters. The topological polar surface area (TPSA) is 61.4 Å². The van der Waals surface area contributed by atoms with Crippen LogP contribution in [0.25, 0.3) is 0 Å². The van der Waals surface area contributed by atoms with Crippen molar-refractivity contribution < 1.29 is 9.90 Å². The maximum Gasteiger partial charge on any atom is 0.315 e. The number of hydrogen-bond acceptors (Lipinski definition) is 2. The van der Waals surface area contributed by atoms with Gasteiger partial charge in [0.1, 0.15) is 0 Å². The first-order valence-corrected chi connectivity index (χ1v) is 6.43. The van der Waals surface area contributed by atoms with Gasteiger partial charge < -0.3 is 15.7 Å². The molecule has 2 unspecified atom stereocenters. The van der Waals surface area contributed by atoms with E-state index < -0.39 is 0 Å². The molecule has 0 radical (unpaired) electrons. The van der Waals surface area contributed by atoms with Crippen molar-refractivity contribution in [1.29, 1.82) is 0 Å². The summed E-state index contributed by atoms with van der Waals surface area (Å²) in [4.78, 5) is 11.7. The molecule has 0 aromatic heterocycles. The van der Waals surface area contributed by atoms with Crippen molar-refractivity contribution in [2.75, 3.05) is 6.61 Å². The molecule has 4 heteroatoms. The van der Waals surface area contributed by atoms with Crippen LogP contribution in [0.1, 0.15) is 31.2 Å². The van der Waals surface area contributed by atoms with E-state index in [4.69, 9.17) is 5.11 Å². The van der Waals surface area contributed by atoms with E-state index in [9.17, 15) is 4.79 Å². The molecule has 1 aromatic carbocycles. The Bertz CT molecular complexity index is 394.